The first-order valence-electron chi connectivity index (χ1n) is 10.3. The quantitative estimate of drug-likeness (QED) is 0.735. The molecular weight excluding hydrogens is 358 g/mol. The molecule has 1 amide bonds. The van der Waals surface area contributed by atoms with Crippen LogP contribution in [0.1, 0.15) is 73.7 Å². The van der Waals surface area contributed by atoms with E-state index < -0.39 is 0 Å². The lowest BCUT2D eigenvalue weighted by molar-refractivity contribution is -0.121. The molecule has 2 bridgehead atoms. The maximum atomic E-state index is 12.9. The fourth-order valence-electron chi connectivity index (χ4n) is 5.50. The molecule has 5 heteroatoms. The molecule has 0 aliphatic heterocycles. The molecule has 2 saturated carbocycles. The van der Waals surface area contributed by atoms with Crippen LogP contribution in [0.5, 0.6) is 0 Å². The summed E-state index contributed by atoms with van der Waals surface area (Å²) in [4.78, 5) is 26.7. The molecule has 0 radical (unpaired) electrons. The molecular formula is C22H31NO3S. The minimum Gasteiger partial charge on any atom is -0.465 e. The van der Waals surface area contributed by atoms with Gasteiger partial charge in [-0.25, -0.2) is 4.79 Å². The molecule has 4 rings (SSSR count). The highest BCUT2D eigenvalue weighted by atomic mass is 32.1. The Morgan fingerprint density at radius 2 is 1.93 bits per heavy atom. The number of hydrogen-bond acceptors (Lipinski definition) is 4. The lowest BCUT2D eigenvalue weighted by Gasteiger charge is -2.33. The van der Waals surface area contributed by atoms with Gasteiger partial charge in [-0.3, -0.25) is 4.79 Å². The average Bonchev–Trinajstić information content (AvgIpc) is 3.33. The fraction of sp³-hybridized carbons (Fsp3) is 0.727. The molecule has 0 spiro atoms. The highest BCUT2D eigenvalue weighted by Crippen LogP contribution is 2.49. The van der Waals surface area contributed by atoms with Gasteiger partial charge < -0.3 is 10.1 Å². The summed E-state index contributed by atoms with van der Waals surface area (Å²) in [6.45, 7) is 6.86. The molecule has 1 heterocycles. The monoisotopic (exact) mass is 389 g/mol. The number of amides is 1. The maximum absolute atomic E-state index is 12.9. The smallest absolute Gasteiger partial charge is 0.341 e. The zero-order chi connectivity index (χ0) is 19.3. The third-order valence-electron chi connectivity index (χ3n) is 7.19. The third kappa shape index (κ3) is 3.43. The van der Waals surface area contributed by atoms with Gasteiger partial charge in [0.2, 0.25) is 5.91 Å². The van der Waals surface area contributed by atoms with Gasteiger partial charge in [0.15, 0.2) is 0 Å². The number of ether oxygens (including phenoxy) is 1. The van der Waals surface area contributed by atoms with Crippen LogP contribution < -0.4 is 5.32 Å². The second-order valence-corrected chi connectivity index (χ2v) is 10.9. The van der Waals surface area contributed by atoms with Crippen LogP contribution in [0.25, 0.3) is 0 Å². The minimum absolute atomic E-state index is 0.110. The van der Waals surface area contributed by atoms with Crippen LogP contribution in [0.2, 0.25) is 0 Å². The van der Waals surface area contributed by atoms with Crippen molar-refractivity contribution in [2.75, 3.05) is 12.4 Å². The van der Waals surface area contributed by atoms with Crippen LogP contribution in [-0.2, 0) is 22.4 Å². The number of thiophene rings is 1. The normalized spacial score (nSPS) is 29.5. The van der Waals surface area contributed by atoms with Crippen molar-refractivity contribution in [2.24, 2.45) is 29.1 Å². The summed E-state index contributed by atoms with van der Waals surface area (Å²) < 4.78 is 5.07. The second kappa shape index (κ2) is 6.91. The van der Waals surface area contributed by atoms with E-state index in [4.69, 9.17) is 4.74 Å². The summed E-state index contributed by atoms with van der Waals surface area (Å²) in [7, 11) is 1.43. The Morgan fingerprint density at radius 1 is 1.15 bits per heavy atom. The predicted molar refractivity (Wildman–Crippen MR) is 108 cm³/mol. The van der Waals surface area contributed by atoms with Crippen LogP contribution >= 0.6 is 11.3 Å². The van der Waals surface area contributed by atoms with Crippen molar-refractivity contribution in [1.29, 1.82) is 0 Å². The second-order valence-electron chi connectivity index (χ2n) is 9.78. The summed E-state index contributed by atoms with van der Waals surface area (Å²) in [5, 5.41) is 3.86. The van der Waals surface area contributed by atoms with E-state index in [1.165, 1.54) is 31.2 Å². The van der Waals surface area contributed by atoms with E-state index in [9.17, 15) is 9.59 Å². The summed E-state index contributed by atoms with van der Waals surface area (Å²) in [6.07, 6.45) is 7.64. The molecule has 1 aromatic heterocycles. The van der Waals surface area contributed by atoms with Crippen molar-refractivity contribution in [3.8, 4) is 0 Å². The number of hydrogen-bond donors (Lipinski definition) is 1. The average molecular weight is 390 g/mol. The van der Waals surface area contributed by atoms with Gasteiger partial charge in [-0.05, 0) is 67.3 Å². The predicted octanol–water partition coefficient (Wildman–Crippen LogP) is 5.06. The molecule has 0 saturated heterocycles. The van der Waals surface area contributed by atoms with Crippen LogP contribution in [0.4, 0.5) is 5.00 Å². The van der Waals surface area contributed by atoms with Gasteiger partial charge in [-0.1, -0.05) is 27.2 Å². The van der Waals surface area contributed by atoms with Crippen molar-refractivity contribution < 1.29 is 14.3 Å². The van der Waals surface area contributed by atoms with Crippen LogP contribution in [0.3, 0.4) is 0 Å². The number of fused-ring (bicyclic) bond motifs is 3. The van der Waals surface area contributed by atoms with Crippen molar-refractivity contribution >= 4 is 28.2 Å². The lowest BCUT2D eigenvalue weighted by atomic mass is 9.72. The van der Waals surface area contributed by atoms with E-state index in [0.717, 1.165) is 37.2 Å². The summed E-state index contributed by atoms with van der Waals surface area (Å²) in [5.74, 6) is 1.79. The van der Waals surface area contributed by atoms with E-state index in [1.54, 1.807) is 11.3 Å². The van der Waals surface area contributed by atoms with Crippen molar-refractivity contribution in [2.45, 2.75) is 65.7 Å². The van der Waals surface area contributed by atoms with Gasteiger partial charge in [0.25, 0.3) is 0 Å². The van der Waals surface area contributed by atoms with Crippen LogP contribution in [-0.4, -0.2) is 19.0 Å². The zero-order valence-corrected chi connectivity index (χ0v) is 17.7. The summed E-state index contributed by atoms with van der Waals surface area (Å²) >= 11 is 1.60. The molecule has 2 fully saturated rings. The molecule has 3 aliphatic rings. The molecule has 0 unspecified atom stereocenters. The highest BCUT2D eigenvalue weighted by molar-refractivity contribution is 7.17. The minimum atomic E-state index is -0.315. The fourth-order valence-corrected chi connectivity index (χ4v) is 6.82. The lowest BCUT2D eigenvalue weighted by Crippen LogP contribution is -2.28. The SMILES string of the molecule is COC(=O)c1c(NC(=O)[C@@H]2C[C@@H]3CC[C@@H]2C3)sc2c1CC[C@H](C(C)(C)C)C2. The molecule has 1 aromatic rings. The van der Waals surface area contributed by atoms with Gasteiger partial charge in [0.05, 0.1) is 12.7 Å². The first kappa shape index (κ1) is 19.0. The number of nitrogens with one attached hydrogen (secondary N) is 1. The molecule has 3 aliphatic carbocycles. The van der Waals surface area contributed by atoms with Crippen LogP contribution in [0, 0.1) is 29.1 Å². The number of carbonyl (C=O) groups is 2. The van der Waals surface area contributed by atoms with Crippen LogP contribution in [0.15, 0.2) is 0 Å². The van der Waals surface area contributed by atoms with Gasteiger partial charge in [-0.2, -0.15) is 0 Å². The maximum Gasteiger partial charge on any atom is 0.341 e. The van der Waals surface area contributed by atoms with E-state index in [2.05, 4.69) is 26.1 Å². The first-order chi connectivity index (χ1) is 12.8. The largest absolute Gasteiger partial charge is 0.465 e. The van der Waals surface area contributed by atoms with E-state index >= 15 is 0 Å². The number of anilines is 1. The first-order valence-corrected chi connectivity index (χ1v) is 11.1. The number of methoxy groups -OCH3 is 1. The van der Waals surface area contributed by atoms with Gasteiger partial charge in [0, 0.05) is 10.8 Å². The number of carbonyl (C=O) groups excluding carboxylic acids is 2. The Bertz CT molecular complexity index is 760. The van der Waals surface area contributed by atoms with Gasteiger partial charge in [-0.15, -0.1) is 11.3 Å². The zero-order valence-electron chi connectivity index (χ0n) is 16.9. The van der Waals surface area contributed by atoms with E-state index in [1.807, 2.05) is 0 Å². The Hall–Kier alpha value is -1.36. The molecule has 0 aromatic carbocycles. The van der Waals surface area contributed by atoms with Crippen molar-refractivity contribution in [3.63, 3.8) is 0 Å². The highest BCUT2D eigenvalue weighted by Gasteiger charge is 2.43. The Kier molecular flexibility index (Phi) is 4.86. The Labute approximate surface area is 166 Å². The van der Waals surface area contributed by atoms with E-state index in [-0.39, 0.29) is 23.2 Å². The van der Waals surface area contributed by atoms with E-state index in [0.29, 0.717) is 22.4 Å². The molecule has 4 nitrogen and oxygen atoms in total. The van der Waals surface area contributed by atoms with Crippen molar-refractivity contribution in [1.82, 2.24) is 0 Å². The summed E-state index contributed by atoms with van der Waals surface area (Å²) in [5.41, 5.74) is 1.97. The van der Waals surface area contributed by atoms with Gasteiger partial charge >= 0.3 is 5.97 Å². The topological polar surface area (TPSA) is 55.4 Å². The molecule has 4 atom stereocenters. The molecule has 1 N–H and O–H groups in total. The Morgan fingerprint density at radius 3 is 2.52 bits per heavy atom. The Balaban J connectivity index is 1.59. The standard InChI is InChI=1S/C22H31NO3S/c1-22(2,3)14-7-8-15-17(11-14)27-20(18(15)21(25)26-4)23-19(24)16-10-12-5-6-13(16)9-12/h12-14,16H,5-11H2,1-4H3,(H,23,24)/t12-,13-,14+,16-/m1/s1. The molecule has 27 heavy (non-hydrogen) atoms. The molecule has 148 valence electrons. The number of esters is 1. The number of rotatable bonds is 3. The van der Waals surface area contributed by atoms with Gasteiger partial charge in [0.1, 0.15) is 5.00 Å². The van der Waals surface area contributed by atoms with Crippen molar-refractivity contribution in [3.05, 3.63) is 16.0 Å². The summed E-state index contributed by atoms with van der Waals surface area (Å²) in [6, 6.07) is 0. The third-order valence-corrected chi connectivity index (χ3v) is 8.36.